The summed E-state index contributed by atoms with van der Waals surface area (Å²) >= 11 is 0. The van der Waals surface area contributed by atoms with Crippen molar-refractivity contribution in [2.75, 3.05) is 0 Å². The van der Waals surface area contributed by atoms with E-state index in [0.717, 1.165) is 12.1 Å². The Bertz CT molecular complexity index is 918. The number of hydrogen-bond acceptors (Lipinski definition) is 6. The Kier molecular flexibility index (Phi) is 4.37. The van der Waals surface area contributed by atoms with Crippen molar-refractivity contribution in [3.05, 3.63) is 48.5 Å². The molecule has 0 spiro atoms. The van der Waals surface area contributed by atoms with E-state index in [1.807, 2.05) is 0 Å². The molecule has 0 saturated heterocycles. The lowest BCUT2D eigenvalue weighted by molar-refractivity contribution is 0.481. The largest absolute Gasteiger partial charge is 0.296 e. The van der Waals surface area contributed by atoms with Crippen LogP contribution >= 0.6 is 0 Å². The second-order valence-electron chi connectivity index (χ2n) is 4.11. The average Bonchev–Trinajstić information content (AvgIpc) is 2.44. The van der Waals surface area contributed by atoms with Gasteiger partial charge in [-0.3, -0.25) is 9.11 Å². The first-order valence-corrected chi connectivity index (χ1v) is 8.62. The highest BCUT2D eigenvalue weighted by Gasteiger charge is 2.14. The van der Waals surface area contributed by atoms with Crippen molar-refractivity contribution in [3.8, 4) is 0 Å². The van der Waals surface area contributed by atoms with E-state index in [2.05, 4.69) is 10.2 Å². The second kappa shape index (κ2) is 5.93. The summed E-state index contributed by atoms with van der Waals surface area (Å²) in [4.78, 5) is -0.696. The molecule has 0 aliphatic heterocycles. The molecule has 0 aliphatic rings. The van der Waals surface area contributed by atoms with Crippen LogP contribution in [0, 0.1) is 0 Å². The monoisotopic (exact) mass is 342 g/mol. The molecule has 0 aliphatic carbocycles. The maximum atomic E-state index is 11.2. The highest BCUT2D eigenvalue weighted by molar-refractivity contribution is 7.86. The normalized spacial score (nSPS) is 12.6. The minimum absolute atomic E-state index is 0.0659. The zero-order valence-corrected chi connectivity index (χ0v) is 12.5. The van der Waals surface area contributed by atoms with Gasteiger partial charge in [0.15, 0.2) is 0 Å². The average molecular weight is 342 g/mol. The van der Waals surface area contributed by atoms with Gasteiger partial charge in [-0.15, -0.1) is 5.11 Å². The topological polar surface area (TPSA) is 133 Å². The van der Waals surface area contributed by atoms with Crippen LogP contribution in [0.3, 0.4) is 0 Å². The first-order chi connectivity index (χ1) is 10.2. The van der Waals surface area contributed by atoms with Crippen molar-refractivity contribution in [2.45, 2.75) is 9.79 Å². The van der Waals surface area contributed by atoms with Crippen LogP contribution in [0.4, 0.5) is 11.4 Å². The van der Waals surface area contributed by atoms with Crippen molar-refractivity contribution in [1.29, 1.82) is 0 Å². The molecule has 0 atom stereocenters. The van der Waals surface area contributed by atoms with Gasteiger partial charge in [-0.25, -0.2) is 0 Å². The maximum absolute atomic E-state index is 11.2. The molecule has 0 amide bonds. The first kappa shape index (κ1) is 16.2. The summed E-state index contributed by atoms with van der Waals surface area (Å²) in [6.07, 6.45) is 0. The molecule has 0 heterocycles. The third-order valence-electron chi connectivity index (χ3n) is 2.55. The summed E-state index contributed by atoms with van der Waals surface area (Å²) in [7, 11) is -8.73. The summed E-state index contributed by atoms with van der Waals surface area (Å²) in [5, 5.41) is 7.46. The molecule has 2 aromatic carbocycles. The lowest BCUT2D eigenvalue weighted by Gasteiger charge is -2.00. The summed E-state index contributed by atoms with van der Waals surface area (Å²) in [6, 6.07) is 10.3. The van der Waals surface area contributed by atoms with Gasteiger partial charge in [0.05, 0.1) is 10.6 Å². The third-order valence-corrected chi connectivity index (χ3v) is 4.32. The molecule has 10 heteroatoms. The van der Waals surface area contributed by atoms with Crippen molar-refractivity contribution < 1.29 is 25.9 Å². The molecule has 0 aromatic heterocycles. The molecule has 0 fully saturated rings. The number of hydrogen-bond donors (Lipinski definition) is 2. The van der Waals surface area contributed by atoms with E-state index in [1.165, 1.54) is 36.4 Å². The van der Waals surface area contributed by atoms with Crippen LogP contribution in [-0.4, -0.2) is 25.9 Å². The zero-order chi connectivity index (χ0) is 16.4. The molecular weight excluding hydrogens is 332 g/mol. The molecule has 22 heavy (non-hydrogen) atoms. The molecule has 2 aromatic rings. The van der Waals surface area contributed by atoms with Crippen LogP contribution in [0.15, 0.2) is 68.6 Å². The maximum Gasteiger partial charge on any atom is 0.296 e. The van der Waals surface area contributed by atoms with E-state index in [4.69, 9.17) is 9.11 Å². The van der Waals surface area contributed by atoms with Gasteiger partial charge < -0.3 is 0 Å². The molecule has 2 rings (SSSR count). The SMILES string of the molecule is O=S(=O)(O)c1ccc(N=Nc2ccccc2S(=O)(=O)O)cc1. The molecule has 116 valence electrons. The van der Waals surface area contributed by atoms with Crippen LogP contribution in [-0.2, 0) is 20.2 Å². The highest BCUT2D eigenvalue weighted by Crippen LogP contribution is 2.26. The standard InChI is InChI=1S/C12H10N2O6S2/c15-21(16,17)10-7-5-9(6-8-10)13-14-11-3-1-2-4-12(11)22(18,19)20/h1-8H,(H,15,16,17)(H,18,19,20). The van der Waals surface area contributed by atoms with E-state index < -0.39 is 25.1 Å². The Labute approximate surface area is 126 Å². The summed E-state index contributed by atoms with van der Waals surface area (Å²) in [6.45, 7) is 0. The Morgan fingerprint density at radius 3 is 1.86 bits per heavy atom. The molecule has 8 nitrogen and oxygen atoms in total. The number of benzene rings is 2. The van der Waals surface area contributed by atoms with E-state index >= 15 is 0 Å². The first-order valence-electron chi connectivity index (χ1n) is 5.74. The molecule has 0 unspecified atom stereocenters. The minimum Gasteiger partial charge on any atom is -0.282 e. The molecule has 0 radical (unpaired) electrons. The Balaban J connectivity index is 2.34. The predicted molar refractivity (Wildman–Crippen MR) is 76.7 cm³/mol. The van der Waals surface area contributed by atoms with Gasteiger partial charge in [0.25, 0.3) is 20.2 Å². The molecule has 0 saturated carbocycles. The fourth-order valence-corrected chi connectivity index (χ4v) is 2.66. The molecule has 0 bridgehead atoms. The zero-order valence-electron chi connectivity index (χ0n) is 10.9. The predicted octanol–water partition coefficient (Wildman–Crippen LogP) is 2.60. The lowest BCUT2D eigenvalue weighted by Crippen LogP contribution is -1.97. The Morgan fingerprint density at radius 1 is 0.727 bits per heavy atom. The highest BCUT2D eigenvalue weighted by atomic mass is 32.2. The van der Waals surface area contributed by atoms with Gasteiger partial charge in [-0.05, 0) is 36.4 Å². The number of rotatable bonds is 4. The Morgan fingerprint density at radius 2 is 1.32 bits per heavy atom. The van der Waals surface area contributed by atoms with Gasteiger partial charge in [0.1, 0.15) is 10.6 Å². The fourth-order valence-electron chi connectivity index (χ4n) is 1.55. The van der Waals surface area contributed by atoms with Crippen LogP contribution in [0.25, 0.3) is 0 Å². The van der Waals surface area contributed by atoms with Gasteiger partial charge in [-0.1, -0.05) is 12.1 Å². The third kappa shape index (κ3) is 3.95. The molecule has 2 N–H and O–H groups in total. The minimum atomic E-state index is -4.43. The van der Waals surface area contributed by atoms with E-state index in [-0.39, 0.29) is 16.3 Å². The van der Waals surface area contributed by atoms with E-state index in [0.29, 0.717) is 0 Å². The van der Waals surface area contributed by atoms with Crippen LogP contribution in [0.2, 0.25) is 0 Å². The number of azo groups is 1. The molecular formula is C12H10N2O6S2. The van der Waals surface area contributed by atoms with Gasteiger partial charge in [-0.2, -0.15) is 21.9 Å². The van der Waals surface area contributed by atoms with Crippen molar-refractivity contribution in [3.63, 3.8) is 0 Å². The van der Waals surface area contributed by atoms with Crippen molar-refractivity contribution >= 4 is 31.6 Å². The van der Waals surface area contributed by atoms with Crippen LogP contribution < -0.4 is 0 Å². The quantitative estimate of drug-likeness (QED) is 0.648. The lowest BCUT2D eigenvalue weighted by atomic mass is 10.3. The van der Waals surface area contributed by atoms with E-state index in [1.54, 1.807) is 0 Å². The summed E-state index contributed by atoms with van der Waals surface area (Å²) < 4.78 is 62.0. The second-order valence-corrected chi connectivity index (χ2v) is 6.92. The Hall–Kier alpha value is -2.14. The van der Waals surface area contributed by atoms with Crippen LogP contribution in [0.1, 0.15) is 0 Å². The summed E-state index contributed by atoms with van der Waals surface area (Å²) in [5.74, 6) is 0. The van der Waals surface area contributed by atoms with Crippen molar-refractivity contribution in [1.82, 2.24) is 0 Å². The van der Waals surface area contributed by atoms with Gasteiger partial charge in [0.2, 0.25) is 0 Å². The number of nitrogens with zero attached hydrogens (tertiary/aromatic N) is 2. The van der Waals surface area contributed by atoms with Gasteiger partial charge in [0, 0.05) is 0 Å². The van der Waals surface area contributed by atoms with E-state index in [9.17, 15) is 16.8 Å². The smallest absolute Gasteiger partial charge is 0.282 e. The fraction of sp³-hybridized carbons (Fsp3) is 0. The van der Waals surface area contributed by atoms with Crippen molar-refractivity contribution in [2.24, 2.45) is 10.2 Å². The van der Waals surface area contributed by atoms with Gasteiger partial charge >= 0.3 is 0 Å². The summed E-state index contributed by atoms with van der Waals surface area (Å²) in [5.41, 5.74) is 0.168. The van der Waals surface area contributed by atoms with Crippen LogP contribution in [0.5, 0.6) is 0 Å².